The maximum atomic E-state index is 12.3. The van der Waals surface area contributed by atoms with Gasteiger partial charge in [0.15, 0.2) is 0 Å². The molecule has 0 aliphatic heterocycles. The van der Waals surface area contributed by atoms with Crippen molar-refractivity contribution >= 4 is 11.7 Å². The molecule has 27 heavy (non-hydrogen) atoms. The fourth-order valence-electron chi connectivity index (χ4n) is 2.99. The quantitative estimate of drug-likeness (QED) is 0.541. The van der Waals surface area contributed by atoms with Gasteiger partial charge in [-0.15, -0.1) is 0 Å². The van der Waals surface area contributed by atoms with Crippen molar-refractivity contribution in [3.05, 3.63) is 88.2 Å². The number of amides is 1. The van der Waals surface area contributed by atoms with Crippen molar-refractivity contribution in [1.82, 2.24) is 15.1 Å². The Labute approximate surface area is 159 Å². The zero-order chi connectivity index (χ0) is 19.4. The Balaban J connectivity index is 1.68. The number of rotatable bonds is 6. The zero-order valence-electron chi connectivity index (χ0n) is 15.8. The highest BCUT2D eigenvalue weighted by atomic mass is 16.2. The van der Waals surface area contributed by atoms with Crippen molar-refractivity contribution in [2.75, 3.05) is 0 Å². The van der Waals surface area contributed by atoms with Crippen LogP contribution < -0.4 is 5.32 Å². The topological polar surface area (TPSA) is 64.0 Å². The monoisotopic (exact) mass is 361 g/mol. The lowest BCUT2D eigenvalue weighted by molar-refractivity contribution is -0.117. The summed E-state index contributed by atoms with van der Waals surface area (Å²) in [6.45, 7) is 6.78. The van der Waals surface area contributed by atoms with Gasteiger partial charge in [0.25, 0.3) is 5.91 Å². The van der Waals surface area contributed by atoms with Crippen LogP contribution in [0.5, 0.6) is 0 Å². The molecular weight excluding hydrogens is 338 g/mol. The van der Waals surface area contributed by atoms with E-state index in [-0.39, 0.29) is 6.54 Å². The van der Waals surface area contributed by atoms with Crippen LogP contribution in [-0.4, -0.2) is 21.5 Å². The predicted molar refractivity (Wildman–Crippen MR) is 105 cm³/mol. The first-order chi connectivity index (χ1) is 13.0. The summed E-state index contributed by atoms with van der Waals surface area (Å²) in [7, 11) is 0. The van der Waals surface area contributed by atoms with Crippen LogP contribution in [0.3, 0.4) is 0 Å². The molecule has 0 spiro atoms. The van der Waals surface area contributed by atoms with Crippen molar-refractivity contribution < 1.29 is 9.59 Å². The molecule has 0 saturated heterocycles. The van der Waals surface area contributed by atoms with Crippen molar-refractivity contribution in [2.24, 2.45) is 0 Å². The molecule has 0 aliphatic carbocycles. The highest BCUT2D eigenvalue weighted by Gasteiger charge is 2.18. The Morgan fingerprint density at radius 3 is 2.30 bits per heavy atom. The third kappa shape index (κ3) is 4.31. The van der Waals surface area contributed by atoms with Crippen LogP contribution >= 0.6 is 0 Å². The molecule has 138 valence electrons. The number of aromatic nitrogens is 2. The number of hydrogen-bond acceptors (Lipinski definition) is 3. The van der Waals surface area contributed by atoms with Crippen LogP contribution in [0.2, 0.25) is 0 Å². The molecule has 2 aromatic carbocycles. The molecule has 0 saturated carbocycles. The van der Waals surface area contributed by atoms with Crippen LogP contribution in [0.15, 0.2) is 54.6 Å². The molecule has 1 aromatic heterocycles. The van der Waals surface area contributed by atoms with Gasteiger partial charge in [-0.25, -0.2) is 0 Å². The number of carbonyl (C=O) groups is 2. The summed E-state index contributed by atoms with van der Waals surface area (Å²) in [4.78, 5) is 24.5. The minimum Gasteiger partial charge on any atom is -0.345 e. The molecule has 0 aliphatic rings. The van der Waals surface area contributed by atoms with Gasteiger partial charge in [0.2, 0.25) is 5.78 Å². The van der Waals surface area contributed by atoms with Crippen molar-refractivity contribution in [1.29, 1.82) is 0 Å². The fraction of sp³-hybridized carbons (Fsp3) is 0.227. The standard InChI is InChI=1S/C22H23N3O2/c1-15-9-11-19(12-10-15)21(26)22(27)23-13-20-16(2)24-25(17(20)3)14-18-7-5-4-6-8-18/h4-12H,13-14H2,1-3H3,(H,23,27). The van der Waals surface area contributed by atoms with Gasteiger partial charge < -0.3 is 5.32 Å². The van der Waals surface area contributed by atoms with E-state index < -0.39 is 11.7 Å². The maximum Gasteiger partial charge on any atom is 0.292 e. The lowest BCUT2D eigenvalue weighted by atomic mass is 10.1. The average molecular weight is 361 g/mol. The summed E-state index contributed by atoms with van der Waals surface area (Å²) in [6.07, 6.45) is 0. The Hall–Kier alpha value is -3.21. The number of carbonyl (C=O) groups excluding carboxylic acids is 2. The molecule has 3 rings (SSSR count). The van der Waals surface area contributed by atoms with Gasteiger partial charge in [-0.2, -0.15) is 5.10 Å². The van der Waals surface area contributed by atoms with Gasteiger partial charge in [0, 0.05) is 23.4 Å². The lowest BCUT2D eigenvalue weighted by Crippen LogP contribution is -2.31. The zero-order valence-corrected chi connectivity index (χ0v) is 15.8. The van der Waals surface area contributed by atoms with Gasteiger partial charge in [-0.3, -0.25) is 14.3 Å². The van der Waals surface area contributed by atoms with Gasteiger partial charge in [0.1, 0.15) is 0 Å². The van der Waals surface area contributed by atoms with E-state index in [1.54, 1.807) is 12.1 Å². The van der Waals surface area contributed by atoms with Crippen LogP contribution in [-0.2, 0) is 17.9 Å². The Morgan fingerprint density at radius 1 is 0.963 bits per heavy atom. The number of Topliss-reactive ketones (excluding diaryl/α,β-unsaturated/α-hetero) is 1. The molecule has 1 amide bonds. The largest absolute Gasteiger partial charge is 0.345 e. The molecule has 3 aromatic rings. The minimum atomic E-state index is -0.603. The normalized spacial score (nSPS) is 10.6. The third-order valence-electron chi connectivity index (χ3n) is 4.65. The van der Waals surface area contributed by atoms with E-state index in [4.69, 9.17) is 0 Å². The summed E-state index contributed by atoms with van der Waals surface area (Å²) in [6, 6.07) is 17.1. The number of nitrogens with one attached hydrogen (secondary N) is 1. The van der Waals surface area contributed by atoms with Gasteiger partial charge in [0.05, 0.1) is 12.2 Å². The van der Waals surface area contributed by atoms with Crippen molar-refractivity contribution in [2.45, 2.75) is 33.9 Å². The van der Waals surface area contributed by atoms with E-state index in [1.165, 1.54) is 0 Å². The molecular formula is C22H23N3O2. The first-order valence-electron chi connectivity index (χ1n) is 8.91. The van der Waals surface area contributed by atoms with Crippen molar-refractivity contribution in [3.8, 4) is 0 Å². The molecule has 0 radical (unpaired) electrons. The number of nitrogens with zero attached hydrogens (tertiary/aromatic N) is 2. The minimum absolute atomic E-state index is 0.281. The van der Waals surface area contributed by atoms with E-state index in [0.717, 1.165) is 28.1 Å². The molecule has 1 N–H and O–H groups in total. The Kier molecular flexibility index (Phi) is 5.50. The first kappa shape index (κ1) is 18.6. The van der Waals surface area contributed by atoms with Crippen LogP contribution in [0, 0.1) is 20.8 Å². The number of aryl methyl sites for hydroxylation is 2. The van der Waals surface area contributed by atoms with E-state index in [2.05, 4.69) is 22.5 Å². The predicted octanol–water partition coefficient (Wildman–Crippen LogP) is 3.36. The highest BCUT2D eigenvalue weighted by Crippen LogP contribution is 2.15. The number of ketones is 1. The second kappa shape index (κ2) is 7.99. The second-order valence-corrected chi connectivity index (χ2v) is 6.67. The summed E-state index contributed by atoms with van der Waals surface area (Å²) in [5, 5.41) is 7.31. The molecule has 0 bridgehead atoms. The van der Waals surface area contributed by atoms with E-state index in [1.807, 2.05) is 55.8 Å². The lowest BCUT2D eigenvalue weighted by Gasteiger charge is -2.07. The third-order valence-corrected chi connectivity index (χ3v) is 4.65. The second-order valence-electron chi connectivity index (χ2n) is 6.67. The maximum absolute atomic E-state index is 12.3. The van der Waals surface area contributed by atoms with Crippen LogP contribution in [0.4, 0.5) is 0 Å². The average Bonchev–Trinajstić information content (AvgIpc) is 2.93. The Bertz CT molecular complexity index is 957. The Morgan fingerprint density at radius 2 is 1.63 bits per heavy atom. The molecule has 0 atom stereocenters. The van der Waals surface area contributed by atoms with E-state index in [0.29, 0.717) is 12.1 Å². The summed E-state index contributed by atoms with van der Waals surface area (Å²) >= 11 is 0. The summed E-state index contributed by atoms with van der Waals surface area (Å²) in [5.74, 6) is -1.13. The van der Waals surface area contributed by atoms with Gasteiger partial charge in [-0.1, -0.05) is 60.2 Å². The highest BCUT2D eigenvalue weighted by molar-refractivity contribution is 6.42. The van der Waals surface area contributed by atoms with E-state index in [9.17, 15) is 9.59 Å². The van der Waals surface area contributed by atoms with Crippen molar-refractivity contribution in [3.63, 3.8) is 0 Å². The smallest absolute Gasteiger partial charge is 0.292 e. The molecule has 1 heterocycles. The SMILES string of the molecule is Cc1ccc(C(=O)C(=O)NCc2c(C)nn(Cc3ccccc3)c2C)cc1. The molecule has 0 unspecified atom stereocenters. The van der Waals surface area contributed by atoms with Gasteiger partial charge in [-0.05, 0) is 26.3 Å². The number of hydrogen-bond donors (Lipinski definition) is 1. The fourth-order valence-corrected chi connectivity index (χ4v) is 2.99. The van der Waals surface area contributed by atoms with Crippen LogP contribution in [0.1, 0.15) is 38.4 Å². The van der Waals surface area contributed by atoms with E-state index >= 15 is 0 Å². The first-order valence-corrected chi connectivity index (χ1v) is 8.91. The molecule has 5 nitrogen and oxygen atoms in total. The van der Waals surface area contributed by atoms with Gasteiger partial charge >= 0.3 is 0 Å². The molecule has 0 fully saturated rings. The molecule has 5 heteroatoms. The summed E-state index contributed by atoms with van der Waals surface area (Å²) < 4.78 is 1.92. The van der Waals surface area contributed by atoms with Crippen LogP contribution in [0.25, 0.3) is 0 Å². The summed E-state index contributed by atoms with van der Waals surface area (Å²) in [5.41, 5.74) is 5.38. The number of benzene rings is 2.